The number of aliphatic hydroxyl groups is 2. The number of carbonyl (C=O) groups excluding carboxylic acids is 2. The number of carbonyl (C=O) groups is 2. The lowest BCUT2D eigenvalue weighted by Crippen LogP contribution is -2.49. The third-order valence-electron chi connectivity index (χ3n) is 4.77. The average Bonchev–Trinajstić information content (AvgIpc) is 3.14. The first-order valence-electron chi connectivity index (χ1n) is 9.61. The Morgan fingerprint density at radius 2 is 1.94 bits per heavy atom. The lowest BCUT2D eigenvalue weighted by Gasteiger charge is -2.36. The zero-order chi connectivity index (χ0) is 22.8. The van der Waals surface area contributed by atoms with Crippen molar-refractivity contribution in [3.8, 4) is 0 Å². The SMILES string of the molecule is CCc1cc2c(N3CCN(C(=O)CC(F)(F)F)CC3)nc(NC(=O)[C@@H](O)CO)nc2s1. The van der Waals surface area contributed by atoms with E-state index in [-0.39, 0.29) is 32.1 Å². The number of aromatic nitrogens is 2. The van der Waals surface area contributed by atoms with Crippen LogP contribution in [0.2, 0.25) is 0 Å². The zero-order valence-electron chi connectivity index (χ0n) is 16.6. The van der Waals surface area contributed by atoms with Crippen LogP contribution in [0.1, 0.15) is 18.2 Å². The molecule has 0 unspecified atom stereocenters. The highest BCUT2D eigenvalue weighted by molar-refractivity contribution is 7.18. The van der Waals surface area contributed by atoms with E-state index >= 15 is 0 Å². The zero-order valence-corrected chi connectivity index (χ0v) is 17.5. The number of anilines is 2. The number of halogens is 3. The molecule has 3 heterocycles. The standard InChI is InChI=1S/C18H22F3N5O4S/c1-2-10-7-11-14(22-17(24-16(11)31-10)23-15(30)12(28)9-27)26-5-3-25(4-6-26)13(29)8-18(19,20)21/h7,12,27-28H,2-6,8-9H2,1H3,(H,22,23,24,30)/t12-/m0/s1. The number of alkyl halides is 3. The van der Waals surface area contributed by atoms with Gasteiger partial charge in [-0.15, -0.1) is 11.3 Å². The number of piperazine rings is 1. The van der Waals surface area contributed by atoms with E-state index < -0.39 is 37.1 Å². The first-order chi connectivity index (χ1) is 14.6. The van der Waals surface area contributed by atoms with E-state index in [0.717, 1.165) is 16.7 Å². The van der Waals surface area contributed by atoms with Crippen molar-refractivity contribution in [2.75, 3.05) is 43.0 Å². The Morgan fingerprint density at radius 3 is 2.52 bits per heavy atom. The Balaban J connectivity index is 1.83. The van der Waals surface area contributed by atoms with Gasteiger partial charge >= 0.3 is 6.18 Å². The Kier molecular flexibility index (Phi) is 6.96. The maximum Gasteiger partial charge on any atom is 0.397 e. The number of thiophene rings is 1. The number of nitrogens with zero attached hydrogens (tertiary/aromatic N) is 4. The predicted molar refractivity (Wildman–Crippen MR) is 108 cm³/mol. The summed E-state index contributed by atoms with van der Waals surface area (Å²) < 4.78 is 37.5. The normalized spacial score (nSPS) is 15.9. The van der Waals surface area contributed by atoms with Gasteiger partial charge in [-0.3, -0.25) is 14.9 Å². The molecular weight excluding hydrogens is 439 g/mol. The van der Waals surface area contributed by atoms with Crippen molar-refractivity contribution in [3.63, 3.8) is 0 Å². The van der Waals surface area contributed by atoms with Gasteiger partial charge in [0.2, 0.25) is 11.9 Å². The molecule has 2 aromatic heterocycles. The number of amides is 2. The molecule has 170 valence electrons. The van der Waals surface area contributed by atoms with Gasteiger partial charge in [-0.2, -0.15) is 18.2 Å². The van der Waals surface area contributed by atoms with Gasteiger partial charge < -0.3 is 20.0 Å². The molecule has 0 saturated carbocycles. The maximum atomic E-state index is 12.5. The molecule has 0 bridgehead atoms. The summed E-state index contributed by atoms with van der Waals surface area (Å²) in [4.78, 5) is 37.1. The summed E-state index contributed by atoms with van der Waals surface area (Å²) in [5.74, 6) is -1.39. The topological polar surface area (TPSA) is 119 Å². The number of hydrogen-bond acceptors (Lipinski definition) is 8. The second-order valence-corrected chi connectivity index (χ2v) is 8.12. The molecule has 1 aliphatic rings. The highest BCUT2D eigenvalue weighted by atomic mass is 32.1. The van der Waals surface area contributed by atoms with Gasteiger partial charge in [0.25, 0.3) is 5.91 Å². The average molecular weight is 461 g/mol. The number of fused-ring (bicyclic) bond motifs is 1. The van der Waals surface area contributed by atoms with Crippen LogP contribution < -0.4 is 10.2 Å². The minimum atomic E-state index is -4.55. The van der Waals surface area contributed by atoms with E-state index in [1.165, 1.54) is 16.2 Å². The molecule has 13 heteroatoms. The maximum absolute atomic E-state index is 12.5. The molecule has 2 aromatic rings. The van der Waals surface area contributed by atoms with Gasteiger partial charge in [0.05, 0.1) is 12.0 Å². The number of aliphatic hydroxyl groups excluding tert-OH is 2. The van der Waals surface area contributed by atoms with Gasteiger partial charge in [-0.05, 0) is 12.5 Å². The molecule has 1 fully saturated rings. The summed E-state index contributed by atoms with van der Waals surface area (Å²) in [6, 6.07) is 1.92. The molecular formula is C18H22F3N5O4S. The van der Waals surface area contributed by atoms with Crippen molar-refractivity contribution in [3.05, 3.63) is 10.9 Å². The minimum Gasteiger partial charge on any atom is -0.393 e. The van der Waals surface area contributed by atoms with E-state index in [0.29, 0.717) is 10.6 Å². The van der Waals surface area contributed by atoms with Crippen molar-refractivity contribution in [2.24, 2.45) is 0 Å². The van der Waals surface area contributed by atoms with E-state index in [2.05, 4.69) is 15.3 Å². The first kappa shape index (κ1) is 23.2. The summed E-state index contributed by atoms with van der Waals surface area (Å²) in [7, 11) is 0. The Labute approximate surface area is 179 Å². The second kappa shape index (κ2) is 9.32. The number of nitrogens with one attached hydrogen (secondary N) is 1. The molecule has 0 spiro atoms. The lowest BCUT2D eigenvalue weighted by molar-refractivity contribution is -0.161. The number of rotatable bonds is 6. The van der Waals surface area contributed by atoms with Crippen LogP contribution in [0.3, 0.4) is 0 Å². The van der Waals surface area contributed by atoms with Crippen LogP contribution in [-0.2, 0) is 16.0 Å². The van der Waals surface area contributed by atoms with Gasteiger partial charge in [0.1, 0.15) is 17.1 Å². The fourth-order valence-corrected chi connectivity index (χ4v) is 4.12. The summed E-state index contributed by atoms with van der Waals surface area (Å²) in [5.41, 5.74) is 0. The summed E-state index contributed by atoms with van der Waals surface area (Å²) in [6.45, 7) is 1.96. The van der Waals surface area contributed by atoms with E-state index in [1.54, 1.807) is 0 Å². The van der Waals surface area contributed by atoms with Crippen LogP contribution in [0.5, 0.6) is 0 Å². The highest BCUT2D eigenvalue weighted by Crippen LogP contribution is 2.33. The highest BCUT2D eigenvalue weighted by Gasteiger charge is 2.34. The Bertz CT molecular complexity index is 960. The molecule has 1 saturated heterocycles. The second-order valence-electron chi connectivity index (χ2n) is 7.00. The summed E-state index contributed by atoms with van der Waals surface area (Å²) in [6.07, 6.45) is -6.91. The predicted octanol–water partition coefficient (Wildman–Crippen LogP) is 1.15. The molecule has 2 amide bonds. The molecule has 0 radical (unpaired) electrons. The minimum absolute atomic E-state index is 0.0555. The van der Waals surface area contributed by atoms with Crippen LogP contribution in [0.25, 0.3) is 10.2 Å². The smallest absolute Gasteiger partial charge is 0.393 e. The monoisotopic (exact) mass is 461 g/mol. The molecule has 9 nitrogen and oxygen atoms in total. The van der Waals surface area contributed by atoms with Gasteiger partial charge in [-0.25, -0.2) is 4.98 Å². The largest absolute Gasteiger partial charge is 0.397 e. The third kappa shape index (κ3) is 5.60. The van der Waals surface area contributed by atoms with E-state index in [9.17, 15) is 27.9 Å². The van der Waals surface area contributed by atoms with Crippen molar-refractivity contribution in [2.45, 2.75) is 32.0 Å². The quantitative estimate of drug-likeness (QED) is 0.590. The van der Waals surface area contributed by atoms with Gasteiger partial charge in [-0.1, -0.05) is 6.92 Å². The van der Waals surface area contributed by atoms with Gasteiger partial charge in [0, 0.05) is 31.1 Å². The number of hydrogen-bond donors (Lipinski definition) is 3. The summed E-state index contributed by atoms with van der Waals surface area (Å²) in [5, 5.41) is 21.5. The van der Waals surface area contributed by atoms with E-state index in [4.69, 9.17) is 5.11 Å². The van der Waals surface area contributed by atoms with Crippen molar-refractivity contribution in [1.82, 2.24) is 14.9 Å². The van der Waals surface area contributed by atoms with Crippen LogP contribution in [0, 0.1) is 0 Å². The fourth-order valence-electron chi connectivity index (χ4n) is 3.15. The Morgan fingerprint density at radius 1 is 1.26 bits per heavy atom. The first-order valence-corrected chi connectivity index (χ1v) is 10.4. The molecule has 3 rings (SSSR count). The van der Waals surface area contributed by atoms with Crippen LogP contribution in [0.4, 0.5) is 24.9 Å². The van der Waals surface area contributed by atoms with E-state index in [1.807, 2.05) is 17.9 Å². The molecule has 1 atom stereocenters. The lowest BCUT2D eigenvalue weighted by atomic mass is 10.2. The molecule has 1 aliphatic heterocycles. The molecule has 3 N–H and O–H groups in total. The van der Waals surface area contributed by atoms with Crippen molar-refractivity contribution >= 4 is 45.1 Å². The van der Waals surface area contributed by atoms with Crippen LogP contribution in [-0.4, -0.2) is 82.0 Å². The van der Waals surface area contributed by atoms with Gasteiger partial charge in [0.15, 0.2) is 6.10 Å². The third-order valence-corrected chi connectivity index (χ3v) is 5.94. The summed E-state index contributed by atoms with van der Waals surface area (Å²) >= 11 is 1.41. The van der Waals surface area contributed by atoms with Crippen molar-refractivity contribution < 1.29 is 33.0 Å². The molecule has 0 aromatic carbocycles. The molecule has 31 heavy (non-hydrogen) atoms. The number of aryl methyl sites for hydroxylation is 1. The fraction of sp³-hybridized carbons (Fsp3) is 0.556. The van der Waals surface area contributed by atoms with Crippen LogP contribution >= 0.6 is 11.3 Å². The van der Waals surface area contributed by atoms with Crippen molar-refractivity contribution in [1.29, 1.82) is 0 Å². The Hall–Kier alpha value is -2.51. The van der Waals surface area contributed by atoms with Crippen LogP contribution in [0.15, 0.2) is 6.07 Å². The molecule has 0 aliphatic carbocycles.